The predicted molar refractivity (Wildman–Crippen MR) is 102 cm³/mol. The molecule has 0 radical (unpaired) electrons. The minimum atomic E-state index is 0.620. The van der Waals surface area contributed by atoms with E-state index in [0.717, 1.165) is 45.4 Å². The average molecular weight is 338 g/mol. The van der Waals surface area contributed by atoms with Crippen molar-refractivity contribution in [2.45, 2.75) is 13.3 Å². The van der Waals surface area contributed by atoms with Crippen LogP contribution in [0.25, 0.3) is 0 Å². The maximum Gasteiger partial charge on any atom is 0.153 e. The average Bonchev–Trinajstić information content (AvgIpc) is 2.66. The zero-order chi connectivity index (χ0) is 17.5. The molecule has 1 fully saturated rings. The Hall–Kier alpha value is -2.33. The molecule has 1 aliphatic heterocycles. The standard InChI is InChI=1S/C21H26N2O2/c1-18-7-2-4-9-20(18)23-14-12-22(13-15-23)11-6-16-25-21-10-5-3-8-19(21)17-24/h2-5,7-10,17H,6,11-16H2,1H3. The van der Waals surface area contributed by atoms with E-state index >= 15 is 0 Å². The van der Waals surface area contributed by atoms with E-state index in [1.165, 1.54) is 11.3 Å². The van der Waals surface area contributed by atoms with Crippen molar-refractivity contribution in [2.75, 3.05) is 44.2 Å². The lowest BCUT2D eigenvalue weighted by atomic mass is 10.1. The quantitative estimate of drug-likeness (QED) is 0.572. The second-order valence-electron chi connectivity index (χ2n) is 6.47. The molecule has 1 saturated heterocycles. The Labute approximate surface area is 150 Å². The molecule has 25 heavy (non-hydrogen) atoms. The summed E-state index contributed by atoms with van der Waals surface area (Å²) in [5.41, 5.74) is 3.32. The number of nitrogens with zero attached hydrogens (tertiary/aromatic N) is 2. The molecule has 4 nitrogen and oxygen atoms in total. The Kier molecular flexibility index (Phi) is 6.07. The van der Waals surface area contributed by atoms with Gasteiger partial charge in [-0.2, -0.15) is 0 Å². The maximum atomic E-state index is 11.0. The van der Waals surface area contributed by atoms with Crippen molar-refractivity contribution in [3.63, 3.8) is 0 Å². The van der Waals surface area contributed by atoms with Crippen LogP contribution in [0.2, 0.25) is 0 Å². The van der Waals surface area contributed by atoms with Gasteiger partial charge in [-0.15, -0.1) is 0 Å². The van der Waals surface area contributed by atoms with E-state index in [4.69, 9.17) is 4.74 Å². The van der Waals surface area contributed by atoms with Gasteiger partial charge in [0.25, 0.3) is 0 Å². The van der Waals surface area contributed by atoms with E-state index in [2.05, 4.69) is 41.0 Å². The van der Waals surface area contributed by atoms with Gasteiger partial charge < -0.3 is 9.64 Å². The van der Waals surface area contributed by atoms with Gasteiger partial charge in [0.2, 0.25) is 0 Å². The minimum absolute atomic E-state index is 0.620. The zero-order valence-corrected chi connectivity index (χ0v) is 14.9. The molecule has 2 aromatic rings. The van der Waals surface area contributed by atoms with Gasteiger partial charge in [0, 0.05) is 38.4 Å². The van der Waals surface area contributed by atoms with E-state index in [0.29, 0.717) is 17.9 Å². The third-order valence-corrected chi connectivity index (χ3v) is 4.75. The lowest BCUT2D eigenvalue weighted by Gasteiger charge is -2.36. The van der Waals surface area contributed by atoms with Gasteiger partial charge in [-0.05, 0) is 37.1 Å². The van der Waals surface area contributed by atoms with Crippen molar-refractivity contribution < 1.29 is 9.53 Å². The molecule has 0 aromatic heterocycles. The SMILES string of the molecule is Cc1ccccc1N1CCN(CCCOc2ccccc2C=O)CC1. The Balaban J connectivity index is 1.40. The topological polar surface area (TPSA) is 32.8 Å². The van der Waals surface area contributed by atoms with Crippen molar-refractivity contribution in [2.24, 2.45) is 0 Å². The number of para-hydroxylation sites is 2. The summed E-state index contributed by atoms with van der Waals surface area (Å²) in [5, 5.41) is 0. The number of piperazine rings is 1. The molecule has 0 atom stereocenters. The van der Waals surface area contributed by atoms with Gasteiger partial charge in [-0.3, -0.25) is 9.69 Å². The normalized spacial score (nSPS) is 15.2. The summed E-state index contributed by atoms with van der Waals surface area (Å²) in [4.78, 5) is 16.0. The number of aldehydes is 1. The first-order valence-corrected chi connectivity index (χ1v) is 8.98. The lowest BCUT2D eigenvalue weighted by Crippen LogP contribution is -2.47. The summed E-state index contributed by atoms with van der Waals surface area (Å²) < 4.78 is 5.76. The fourth-order valence-electron chi connectivity index (χ4n) is 3.31. The third-order valence-electron chi connectivity index (χ3n) is 4.75. The monoisotopic (exact) mass is 338 g/mol. The molecule has 0 unspecified atom stereocenters. The molecule has 132 valence electrons. The summed E-state index contributed by atoms with van der Waals surface area (Å²) in [7, 11) is 0. The van der Waals surface area contributed by atoms with E-state index in [1.807, 2.05) is 18.2 Å². The van der Waals surface area contributed by atoms with Crippen LogP contribution in [0.1, 0.15) is 22.3 Å². The van der Waals surface area contributed by atoms with Crippen LogP contribution in [0.4, 0.5) is 5.69 Å². The minimum Gasteiger partial charge on any atom is -0.493 e. The van der Waals surface area contributed by atoms with E-state index in [-0.39, 0.29) is 0 Å². The molecular weight excluding hydrogens is 312 g/mol. The van der Waals surface area contributed by atoms with Crippen LogP contribution in [-0.4, -0.2) is 50.5 Å². The second-order valence-corrected chi connectivity index (χ2v) is 6.47. The first-order valence-electron chi connectivity index (χ1n) is 8.98. The van der Waals surface area contributed by atoms with E-state index in [1.54, 1.807) is 6.07 Å². The van der Waals surface area contributed by atoms with Gasteiger partial charge in [-0.1, -0.05) is 30.3 Å². The molecule has 0 spiro atoms. The smallest absolute Gasteiger partial charge is 0.153 e. The number of hydrogen-bond donors (Lipinski definition) is 0. The number of carbonyl (C=O) groups excluding carboxylic acids is 1. The van der Waals surface area contributed by atoms with Gasteiger partial charge in [0.1, 0.15) is 5.75 Å². The molecular formula is C21H26N2O2. The van der Waals surface area contributed by atoms with E-state index < -0.39 is 0 Å². The summed E-state index contributed by atoms with van der Waals surface area (Å²) >= 11 is 0. The van der Waals surface area contributed by atoms with Crippen molar-refractivity contribution in [1.29, 1.82) is 0 Å². The summed E-state index contributed by atoms with van der Waals surface area (Å²) in [5.74, 6) is 0.682. The van der Waals surface area contributed by atoms with Crippen molar-refractivity contribution >= 4 is 12.0 Å². The Bertz CT molecular complexity index is 694. The Morgan fingerprint density at radius 1 is 1.00 bits per heavy atom. The number of carbonyl (C=O) groups is 1. The maximum absolute atomic E-state index is 11.0. The Morgan fingerprint density at radius 3 is 2.48 bits per heavy atom. The fourth-order valence-corrected chi connectivity index (χ4v) is 3.31. The van der Waals surface area contributed by atoms with Crippen LogP contribution >= 0.6 is 0 Å². The van der Waals surface area contributed by atoms with Gasteiger partial charge >= 0.3 is 0 Å². The fraction of sp³-hybridized carbons (Fsp3) is 0.381. The van der Waals surface area contributed by atoms with Crippen molar-refractivity contribution in [3.8, 4) is 5.75 Å². The number of benzene rings is 2. The van der Waals surface area contributed by atoms with Crippen LogP contribution in [-0.2, 0) is 0 Å². The number of anilines is 1. The molecule has 0 amide bonds. The molecule has 1 heterocycles. The molecule has 0 saturated carbocycles. The first-order chi connectivity index (χ1) is 12.3. The number of rotatable bonds is 7. The van der Waals surface area contributed by atoms with Crippen LogP contribution in [0.3, 0.4) is 0 Å². The number of ether oxygens (including phenoxy) is 1. The molecule has 0 aliphatic carbocycles. The first kappa shape index (κ1) is 17.5. The highest BCUT2D eigenvalue weighted by Gasteiger charge is 2.17. The molecule has 3 rings (SSSR count). The van der Waals surface area contributed by atoms with E-state index in [9.17, 15) is 4.79 Å². The largest absolute Gasteiger partial charge is 0.493 e. The molecule has 1 aliphatic rings. The van der Waals surface area contributed by atoms with Crippen LogP contribution in [0, 0.1) is 6.92 Å². The second kappa shape index (κ2) is 8.67. The lowest BCUT2D eigenvalue weighted by molar-refractivity contribution is 0.111. The van der Waals surface area contributed by atoms with Crippen LogP contribution in [0.5, 0.6) is 5.75 Å². The van der Waals surface area contributed by atoms with Crippen LogP contribution in [0.15, 0.2) is 48.5 Å². The highest BCUT2D eigenvalue weighted by atomic mass is 16.5. The Morgan fingerprint density at radius 2 is 1.72 bits per heavy atom. The third kappa shape index (κ3) is 4.60. The zero-order valence-electron chi connectivity index (χ0n) is 14.9. The number of aryl methyl sites for hydroxylation is 1. The van der Waals surface area contributed by atoms with Crippen molar-refractivity contribution in [3.05, 3.63) is 59.7 Å². The molecule has 2 aromatic carbocycles. The molecule has 0 bridgehead atoms. The number of hydrogen-bond acceptors (Lipinski definition) is 4. The predicted octanol–water partition coefficient (Wildman–Crippen LogP) is 3.40. The highest BCUT2D eigenvalue weighted by molar-refractivity contribution is 5.79. The molecule has 0 N–H and O–H groups in total. The van der Waals surface area contributed by atoms with Gasteiger partial charge in [-0.25, -0.2) is 0 Å². The highest BCUT2D eigenvalue weighted by Crippen LogP contribution is 2.21. The van der Waals surface area contributed by atoms with Gasteiger partial charge in [0.15, 0.2) is 6.29 Å². The molecule has 4 heteroatoms. The summed E-state index contributed by atoms with van der Waals surface area (Å²) in [6, 6.07) is 16.0. The van der Waals surface area contributed by atoms with Gasteiger partial charge in [0.05, 0.1) is 12.2 Å². The summed E-state index contributed by atoms with van der Waals surface area (Å²) in [6.07, 6.45) is 1.82. The van der Waals surface area contributed by atoms with Crippen LogP contribution < -0.4 is 9.64 Å². The van der Waals surface area contributed by atoms with Crippen molar-refractivity contribution in [1.82, 2.24) is 4.90 Å². The summed E-state index contributed by atoms with van der Waals surface area (Å²) in [6.45, 7) is 8.15.